The first-order valence-corrected chi connectivity index (χ1v) is 9.95. The van der Waals surface area contributed by atoms with E-state index in [9.17, 15) is 9.59 Å². The fourth-order valence-corrected chi connectivity index (χ4v) is 3.69. The Balaban J connectivity index is 2.13. The molecule has 3 rings (SSSR count). The van der Waals surface area contributed by atoms with Gasteiger partial charge < -0.3 is 9.47 Å². The molecule has 0 spiro atoms. The van der Waals surface area contributed by atoms with Crippen LogP contribution >= 0.6 is 0 Å². The van der Waals surface area contributed by atoms with Gasteiger partial charge in [0.15, 0.2) is 5.41 Å². The topological polar surface area (TPSA) is 52.6 Å². The first-order valence-electron chi connectivity index (χ1n) is 9.95. The van der Waals surface area contributed by atoms with E-state index in [1.807, 2.05) is 72.8 Å². The van der Waals surface area contributed by atoms with Crippen LogP contribution in [-0.2, 0) is 31.9 Å². The van der Waals surface area contributed by atoms with E-state index in [2.05, 4.69) is 0 Å². The molecule has 29 heavy (non-hydrogen) atoms. The third-order valence-electron chi connectivity index (χ3n) is 5.05. The number of fused-ring (bicyclic) bond motifs is 1. The molecular weight excluding hydrogens is 364 g/mol. The van der Waals surface area contributed by atoms with Crippen molar-refractivity contribution < 1.29 is 19.1 Å². The smallest absolute Gasteiger partial charge is 0.324 e. The molecule has 0 heterocycles. The molecule has 0 aliphatic carbocycles. The second kappa shape index (κ2) is 9.37. The number of ether oxygens (including phenoxy) is 2. The first-order chi connectivity index (χ1) is 14.1. The molecule has 3 aromatic rings. The predicted octanol–water partition coefficient (Wildman–Crippen LogP) is 4.74. The van der Waals surface area contributed by atoms with Gasteiger partial charge in [-0.15, -0.1) is 0 Å². The summed E-state index contributed by atoms with van der Waals surface area (Å²) >= 11 is 0. The van der Waals surface area contributed by atoms with Crippen LogP contribution < -0.4 is 0 Å². The van der Waals surface area contributed by atoms with E-state index in [1.165, 1.54) is 0 Å². The van der Waals surface area contributed by atoms with Gasteiger partial charge in [-0.1, -0.05) is 72.8 Å². The van der Waals surface area contributed by atoms with Gasteiger partial charge in [-0.3, -0.25) is 9.59 Å². The maximum Gasteiger partial charge on any atom is 0.324 e. The van der Waals surface area contributed by atoms with Crippen molar-refractivity contribution in [3.05, 3.63) is 83.9 Å². The molecule has 0 radical (unpaired) electrons. The van der Waals surface area contributed by atoms with E-state index in [0.29, 0.717) is 0 Å². The van der Waals surface area contributed by atoms with Crippen LogP contribution in [0.5, 0.6) is 0 Å². The minimum absolute atomic E-state index is 0.199. The molecule has 0 saturated heterocycles. The summed E-state index contributed by atoms with van der Waals surface area (Å²) in [5.41, 5.74) is 0.353. The Morgan fingerprint density at radius 3 is 1.97 bits per heavy atom. The van der Waals surface area contributed by atoms with Crippen LogP contribution in [0.4, 0.5) is 0 Å². The van der Waals surface area contributed by atoms with Gasteiger partial charge in [0, 0.05) is 6.42 Å². The summed E-state index contributed by atoms with van der Waals surface area (Å²) in [6.07, 6.45) is 0.426. The standard InChI is InChI=1S/C25H26O4/c1-3-28-23(26)25(24(27)29-4-2,17-19-11-6-5-7-12-19)18-21-15-10-14-20-13-8-9-16-22(20)21/h5-16H,3-4,17-18H2,1-2H3. The van der Waals surface area contributed by atoms with Gasteiger partial charge in [0.2, 0.25) is 0 Å². The lowest BCUT2D eigenvalue weighted by Gasteiger charge is -2.30. The van der Waals surface area contributed by atoms with Gasteiger partial charge >= 0.3 is 11.9 Å². The SMILES string of the molecule is CCOC(=O)C(Cc1ccccc1)(Cc1cccc2ccccc12)C(=O)OCC. The Morgan fingerprint density at radius 1 is 0.724 bits per heavy atom. The first kappa shape index (κ1) is 20.6. The lowest BCUT2D eigenvalue weighted by Crippen LogP contribution is -2.46. The molecule has 0 N–H and O–H groups in total. The van der Waals surface area contributed by atoms with Crippen LogP contribution in [0.1, 0.15) is 25.0 Å². The van der Waals surface area contributed by atoms with E-state index >= 15 is 0 Å². The minimum atomic E-state index is -1.45. The monoisotopic (exact) mass is 390 g/mol. The largest absolute Gasteiger partial charge is 0.465 e. The van der Waals surface area contributed by atoms with Crippen LogP contribution in [0.15, 0.2) is 72.8 Å². The van der Waals surface area contributed by atoms with Crippen molar-refractivity contribution >= 4 is 22.7 Å². The molecule has 0 aliphatic rings. The maximum atomic E-state index is 13.2. The van der Waals surface area contributed by atoms with Gasteiger partial charge in [0.25, 0.3) is 0 Å². The number of carbonyl (C=O) groups is 2. The molecule has 4 heteroatoms. The Bertz CT molecular complexity index is 955. The Labute approximate surface area is 171 Å². The van der Waals surface area contributed by atoms with Crippen LogP contribution in [-0.4, -0.2) is 25.2 Å². The van der Waals surface area contributed by atoms with E-state index in [1.54, 1.807) is 13.8 Å². The summed E-state index contributed by atoms with van der Waals surface area (Å²) in [6, 6.07) is 23.4. The summed E-state index contributed by atoms with van der Waals surface area (Å²) in [6.45, 7) is 3.89. The number of hydrogen-bond donors (Lipinski definition) is 0. The third kappa shape index (κ3) is 4.48. The molecule has 0 amide bonds. The molecule has 0 saturated carbocycles. The molecule has 0 aliphatic heterocycles. The highest BCUT2D eigenvalue weighted by molar-refractivity contribution is 6.01. The highest BCUT2D eigenvalue weighted by Crippen LogP contribution is 2.34. The van der Waals surface area contributed by atoms with E-state index in [0.717, 1.165) is 21.9 Å². The number of hydrogen-bond acceptors (Lipinski definition) is 4. The summed E-state index contributed by atoms with van der Waals surface area (Å²) in [5.74, 6) is -1.09. The molecule has 150 valence electrons. The maximum absolute atomic E-state index is 13.2. The van der Waals surface area contributed by atoms with Crippen LogP contribution in [0.3, 0.4) is 0 Å². The second-order valence-corrected chi connectivity index (χ2v) is 7.00. The molecule has 0 aromatic heterocycles. The van der Waals surface area contributed by atoms with Gasteiger partial charge in [0.1, 0.15) is 0 Å². The average molecular weight is 390 g/mol. The van der Waals surface area contributed by atoms with Crippen LogP contribution in [0.2, 0.25) is 0 Å². The Hall–Kier alpha value is -3.14. The lowest BCUT2D eigenvalue weighted by atomic mass is 9.75. The van der Waals surface area contributed by atoms with E-state index in [-0.39, 0.29) is 26.1 Å². The fourth-order valence-electron chi connectivity index (χ4n) is 3.69. The number of rotatable bonds is 8. The quantitative estimate of drug-likeness (QED) is 0.412. The zero-order valence-electron chi connectivity index (χ0n) is 16.9. The molecule has 0 fully saturated rings. The van der Waals surface area contributed by atoms with E-state index < -0.39 is 17.4 Å². The van der Waals surface area contributed by atoms with Crippen LogP contribution in [0, 0.1) is 5.41 Å². The van der Waals surface area contributed by atoms with Gasteiger partial charge in [0.05, 0.1) is 13.2 Å². The van der Waals surface area contributed by atoms with Crippen LogP contribution in [0.25, 0.3) is 10.8 Å². The average Bonchev–Trinajstić information content (AvgIpc) is 2.74. The molecular formula is C25H26O4. The third-order valence-corrected chi connectivity index (χ3v) is 5.05. The summed E-state index contributed by atoms with van der Waals surface area (Å²) in [4.78, 5) is 26.4. The Kier molecular flexibility index (Phi) is 6.65. The van der Waals surface area contributed by atoms with Crippen molar-refractivity contribution in [2.45, 2.75) is 26.7 Å². The zero-order valence-corrected chi connectivity index (χ0v) is 16.9. The number of benzene rings is 3. The molecule has 3 aromatic carbocycles. The van der Waals surface area contributed by atoms with Gasteiger partial charge in [-0.25, -0.2) is 0 Å². The predicted molar refractivity (Wildman–Crippen MR) is 113 cm³/mol. The minimum Gasteiger partial charge on any atom is -0.465 e. The van der Waals surface area contributed by atoms with Crippen molar-refractivity contribution in [3.63, 3.8) is 0 Å². The van der Waals surface area contributed by atoms with Crippen molar-refractivity contribution in [1.82, 2.24) is 0 Å². The highest BCUT2D eigenvalue weighted by atomic mass is 16.6. The van der Waals surface area contributed by atoms with Crippen molar-refractivity contribution in [3.8, 4) is 0 Å². The normalized spacial score (nSPS) is 11.2. The molecule has 4 nitrogen and oxygen atoms in total. The Morgan fingerprint density at radius 2 is 1.31 bits per heavy atom. The summed E-state index contributed by atoms with van der Waals surface area (Å²) < 4.78 is 10.8. The summed E-state index contributed by atoms with van der Waals surface area (Å²) in [5, 5.41) is 2.08. The summed E-state index contributed by atoms with van der Waals surface area (Å²) in [7, 11) is 0. The van der Waals surface area contributed by atoms with E-state index in [4.69, 9.17) is 9.47 Å². The number of esters is 2. The highest BCUT2D eigenvalue weighted by Gasteiger charge is 2.49. The second-order valence-electron chi connectivity index (χ2n) is 7.00. The van der Waals surface area contributed by atoms with Crippen molar-refractivity contribution in [2.24, 2.45) is 5.41 Å². The molecule has 0 unspecified atom stereocenters. The number of carbonyl (C=O) groups excluding carboxylic acids is 2. The van der Waals surface area contributed by atoms with Gasteiger partial charge in [-0.05, 0) is 42.2 Å². The molecule has 0 atom stereocenters. The van der Waals surface area contributed by atoms with Crippen molar-refractivity contribution in [1.29, 1.82) is 0 Å². The molecule has 0 bridgehead atoms. The zero-order chi connectivity index (χ0) is 20.7. The van der Waals surface area contributed by atoms with Gasteiger partial charge in [-0.2, -0.15) is 0 Å². The van der Waals surface area contributed by atoms with Crippen molar-refractivity contribution in [2.75, 3.05) is 13.2 Å². The fraction of sp³-hybridized carbons (Fsp3) is 0.280. The lowest BCUT2D eigenvalue weighted by molar-refractivity contribution is -0.172.